The Bertz CT molecular complexity index is 357. The average molecular weight is 248 g/mol. The van der Waals surface area contributed by atoms with Crippen molar-refractivity contribution < 1.29 is 0 Å². The fraction of sp³-hybridized carbons (Fsp3) is 0.714. The van der Waals surface area contributed by atoms with E-state index < -0.39 is 0 Å². The van der Waals surface area contributed by atoms with E-state index in [1.807, 2.05) is 6.20 Å². The number of nitrogens with one attached hydrogen (secondary N) is 1. The molecule has 0 unspecified atom stereocenters. The Hall–Kier alpha value is -1.16. The highest BCUT2D eigenvalue weighted by Crippen LogP contribution is 2.22. The van der Waals surface area contributed by atoms with Crippen molar-refractivity contribution in [3.63, 3.8) is 0 Å². The van der Waals surface area contributed by atoms with Gasteiger partial charge in [-0.15, -0.1) is 0 Å². The van der Waals surface area contributed by atoms with Gasteiger partial charge in [-0.05, 0) is 25.7 Å². The van der Waals surface area contributed by atoms with Crippen LogP contribution in [0.1, 0.15) is 45.1 Å². The number of anilines is 1. The summed E-state index contributed by atoms with van der Waals surface area (Å²) in [6.07, 6.45) is 8.55. The summed E-state index contributed by atoms with van der Waals surface area (Å²) in [5.74, 6) is 1.11. The molecule has 1 heterocycles. The van der Waals surface area contributed by atoms with E-state index in [1.165, 1.54) is 18.4 Å². The van der Waals surface area contributed by atoms with Crippen molar-refractivity contribution in [3.8, 4) is 0 Å². The molecule has 1 saturated carbocycles. The lowest BCUT2D eigenvalue weighted by atomic mass is 10.2. The Morgan fingerprint density at radius 2 is 2.00 bits per heavy atom. The average Bonchev–Trinajstić information content (AvgIpc) is 3.21. The molecule has 1 aliphatic rings. The molecule has 1 fully saturated rings. The molecule has 1 aliphatic carbocycles. The Morgan fingerprint density at radius 3 is 2.61 bits per heavy atom. The van der Waals surface area contributed by atoms with Crippen molar-refractivity contribution in [1.29, 1.82) is 0 Å². The molecule has 18 heavy (non-hydrogen) atoms. The normalized spacial score (nSPS) is 14.8. The highest BCUT2D eigenvalue weighted by molar-refractivity contribution is 5.45. The minimum atomic E-state index is 0.726. The van der Waals surface area contributed by atoms with Gasteiger partial charge in [0.25, 0.3) is 0 Å². The van der Waals surface area contributed by atoms with E-state index in [4.69, 9.17) is 0 Å². The van der Waals surface area contributed by atoms with Gasteiger partial charge in [0, 0.05) is 37.4 Å². The van der Waals surface area contributed by atoms with Crippen LogP contribution in [-0.2, 0) is 6.54 Å². The molecule has 0 bridgehead atoms. The third-order valence-electron chi connectivity index (χ3n) is 3.21. The van der Waals surface area contributed by atoms with Gasteiger partial charge in [0.2, 0.25) is 0 Å². The van der Waals surface area contributed by atoms with Crippen LogP contribution in [0.25, 0.3) is 0 Å². The summed E-state index contributed by atoms with van der Waals surface area (Å²) in [4.78, 5) is 11.0. The third-order valence-corrected chi connectivity index (χ3v) is 3.21. The molecule has 100 valence electrons. The van der Waals surface area contributed by atoms with Crippen molar-refractivity contribution in [2.45, 2.75) is 52.1 Å². The van der Waals surface area contributed by atoms with Crippen molar-refractivity contribution in [2.75, 3.05) is 18.0 Å². The fourth-order valence-corrected chi connectivity index (χ4v) is 2.17. The number of rotatable bonds is 8. The summed E-state index contributed by atoms with van der Waals surface area (Å²) >= 11 is 0. The smallest absolute Gasteiger partial charge is 0.136 e. The zero-order valence-corrected chi connectivity index (χ0v) is 11.5. The number of nitrogens with zero attached hydrogens (tertiary/aromatic N) is 3. The Labute approximate surface area is 110 Å². The molecule has 4 heteroatoms. The predicted molar refractivity (Wildman–Crippen MR) is 74.7 cm³/mol. The van der Waals surface area contributed by atoms with E-state index in [9.17, 15) is 0 Å². The lowest BCUT2D eigenvalue weighted by molar-refractivity contribution is 0.670. The molecule has 1 aromatic rings. The van der Waals surface area contributed by atoms with Gasteiger partial charge < -0.3 is 10.2 Å². The Kier molecular flexibility index (Phi) is 4.93. The lowest BCUT2D eigenvalue weighted by Gasteiger charge is -2.24. The summed E-state index contributed by atoms with van der Waals surface area (Å²) < 4.78 is 0. The molecule has 0 spiro atoms. The molecule has 4 nitrogen and oxygen atoms in total. The Balaban J connectivity index is 2.06. The maximum absolute atomic E-state index is 4.49. The molecule has 0 aromatic carbocycles. The van der Waals surface area contributed by atoms with Crippen molar-refractivity contribution in [3.05, 3.63) is 18.1 Å². The van der Waals surface area contributed by atoms with Gasteiger partial charge in [0.1, 0.15) is 12.1 Å². The van der Waals surface area contributed by atoms with Gasteiger partial charge in [-0.2, -0.15) is 0 Å². The van der Waals surface area contributed by atoms with Crippen LogP contribution in [-0.4, -0.2) is 29.1 Å². The molecule has 0 atom stereocenters. The third kappa shape index (κ3) is 3.67. The summed E-state index contributed by atoms with van der Waals surface area (Å²) in [6, 6.07) is 0.726. The zero-order valence-electron chi connectivity index (χ0n) is 11.5. The second-order valence-electron chi connectivity index (χ2n) is 5.01. The first-order chi connectivity index (χ1) is 8.85. The molecule has 1 N–H and O–H groups in total. The van der Waals surface area contributed by atoms with Gasteiger partial charge in [-0.3, -0.25) is 0 Å². The fourth-order valence-electron chi connectivity index (χ4n) is 2.17. The molecule has 0 saturated heterocycles. The van der Waals surface area contributed by atoms with Crippen LogP contribution in [0.15, 0.2) is 12.5 Å². The van der Waals surface area contributed by atoms with Crippen LogP contribution in [0.2, 0.25) is 0 Å². The van der Waals surface area contributed by atoms with Crippen LogP contribution in [0, 0.1) is 0 Å². The topological polar surface area (TPSA) is 41.1 Å². The molecule has 0 radical (unpaired) electrons. The van der Waals surface area contributed by atoms with Gasteiger partial charge >= 0.3 is 0 Å². The first-order valence-corrected chi connectivity index (χ1v) is 7.12. The summed E-state index contributed by atoms with van der Waals surface area (Å²) in [5.41, 5.74) is 1.23. The number of hydrogen-bond donors (Lipinski definition) is 1. The largest absolute Gasteiger partial charge is 0.356 e. The van der Waals surface area contributed by atoms with E-state index in [1.54, 1.807) is 6.33 Å². The Morgan fingerprint density at radius 1 is 1.28 bits per heavy atom. The van der Waals surface area contributed by atoms with Gasteiger partial charge in [0.05, 0.1) is 0 Å². The first-order valence-electron chi connectivity index (χ1n) is 7.12. The van der Waals surface area contributed by atoms with Crippen LogP contribution >= 0.6 is 0 Å². The highest BCUT2D eigenvalue weighted by atomic mass is 15.2. The summed E-state index contributed by atoms with van der Waals surface area (Å²) in [6.45, 7) is 7.46. The number of hydrogen-bond acceptors (Lipinski definition) is 4. The second kappa shape index (κ2) is 6.69. The molecule has 0 amide bonds. The summed E-state index contributed by atoms with van der Waals surface area (Å²) in [5, 5.41) is 3.55. The van der Waals surface area contributed by atoms with Gasteiger partial charge in [-0.25, -0.2) is 9.97 Å². The standard InChI is InChI=1S/C14H24N4/c1-3-7-18(8-4-2)14-12(9-15-11-17-14)10-16-13-5-6-13/h9,11,13,16H,3-8,10H2,1-2H3. The van der Waals surface area contributed by atoms with E-state index >= 15 is 0 Å². The van der Waals surface area contributed by atoms with Gasteiger partial charge in [-0.1, -0.05) is 13.8 Å². The SMILES string of the molecule is CCCN(CCC)c1ncncc1CNC1CC1. The molecular formula is C14H24N4. The van der Waals surface area contributed by atoms with Crippen LogP contribution in [0.5, 0.6) is 0 Å². The van der Waals surface area contributed by atoms with Crippen LogP contribution in [0.3, 0.4) is 0 Å². The monoisotopic (exact) mass is 248 g/mol. The predicted octanol–water partition coefficient (Wildman–Crippen LogP) is 2.36. The van der Waals surface area contributed by atoms with E-state index in [2.05, 4.69) is 34.0 Å². The quantitative estimate of drug-likeness (QED) is 0.767. The van der Waals surface area contributed by atoms with E-state index in [0.29, 0.717) is 0 Å². The van der Waals surface area contributed by atoms with Gasteiger partial charge in [0.15, 0.2) is 0 Å². The maximum Gasteiger partial charge on any atom is 0.136 e. The first kappa shape index (κ1) is 13.3. The maximum atomic E-state index is 4.49. The second-order valence-corrected chi connectivity index (χ2v) is 5.01. The molecule has 0 aliphatic heterocycles. The molecule has 1 aromatic heterocycles. The minimum absolute atomic E-state index is 0.726. The van der Waals surface area contributed by atoms with E-state index in [-0.39, 0.29) is 0 Å². The highest BCUT2D eigenvalue weighted by Gasteiger charge is 2.21. The number of aromatic nitrogens is 2. The van der Waals surface area contributed by atoms with Crippen molar-refractivity contribution in [1.82, 2.24) is 15.3 Å². The lowest BCUT2D eigenvalue weighted by Crippen LogP contribution is -2.28. The minimum Gasteiger partial charge on any atom is -0.356 e. The summed E-state index contributed by atoms with van der Waals surface area (Å²) in [7, 11) is 0. The molecular weight excluding hydrogens is 224 g/mol. The molecule has 2 rings (SSSR count). The van der Waals surface area contributed by atoms with Crippen LogP contribution < -0.4 is 10.2 Å². The van der Waals surface area contributed by atoms with E-state index in [0.717, 1.165) is 44.3 Å². The van der Waals surface area contributed by atoms with Crippen molar-refractivity contribution >= 4 is 5.82 Å². The van der Waals surface area contributed by atoms with Crippen molar-refractivity contribution in [2.24, 2.45) is 0 Å². The zero-order chi connectivity index (χ0) is 12.8. The van der Waals surface area contributed by atoms with Crippen LogP contribution in [0.4, 0.5) is 5.82 Å².